The van der Waals surface area contributed by atoms with Gasteiger partial charge in [0, 0.05) is 52.4 Å². The van der Waals surface area contributed by atoms with Crippen molar-refractivity contribution in [3.05, 3.63) is 78.1 Å². The zero-order valence-corrected chi connectivity index (χ0v) is 30.1. The summed E-state index contributed by atoms with van der Waals surface area (Å²) in [6, 6.07) is 19.2. The Morgan fingerprint density at radius 1 is 1.02 bits per heavy atom. The molecule has 2 saturated heterocycles. The van der Waals surface area contributed by atoms with Crippen LogP contribution in [0.1, 0.15) is 45.6 Å². The second kappa shape index (κ2) is 16.0. The highest BCUT2D eigenvalue weighted by Gasteiger charge is 2.52. The molecule has 15 heteroatoms. The van der Waals surface area contributed by atoms with Gasteiger partial charge in [0.2, 0.25) is 10.0 Å². The number of carboxylic acids is 1. The molecule has 278 valence electrons. The number of carboxylic acid groups (broad SMARTS) is 1. The average Bonchev–Trinajstić information content (AvgIpc) is 3.31. The number of carbonyl (C=O) groups is 2. The van der Waals surface area contributed by atoms with Gasteiger partial charge in [0.05, 0.1) is 22.2 Å². The van der Waals surface area contributed by atoms with E-state index in [9.17, 15) is 30.8 Å². The van der Waals surface area contributed by atoms with Crippen LogP contribution in [-0.4, -0.2) is 97.7 Å². The number of alkyl halides is 3. The third-order valence-corrected chi connectivity index (χ3v) is 10.6. The molecule has 2 heterocycles. The van der Waals surface area contributed by atoms with Crippen molar-refractivity contribution in [3.63, 3.8) is 0 Å². The Hall–Kier alpha value is -4.21. The second-order valence-electron chi connectivity index (χ2n) is 13.1. The van der Waals surface area contributed by atoms with Gasteiger partial charge in [0.1, 0.15) is 11.6 Å². The Morgan fingerprint density at radius 2 is 1.65 bits per heavy atom. The number of benzene rings is 3. The molecule has 3 aromatic rings. The lowest BCUT2D eigenvalue weighted by molar-refractivity contribution is -0.192. The van der Waals surface area contributed by atoms with Crippen molar-refractivity contribution in [1.29, 1.82) is 0 Å². The van der Waals surface area contributed by atoms with Crippen LogP contribution in [-0.2, 0) is 21.4 Å². The van der Waals surface area contributed by atoms with Crippen LogP contribution in [0.5, 0.6) is 5.75 Å². The van der Waals surface area contributed by atoms with Gasteiger partial charge in [-0.2, -0.15) is 13.2 Å². The fraction of sp³-hybridized carbons (Fsp3) is 0.444. The molecule has 2 amide bonds. The first-order chi connectivity index (χ1) is 23.9. The Kier molecular flexibility index (Phi) is 12.4. The molecule has 0 atom stereocenters. The van der Waals surface area contributed by atoms with Gasteiger partial charge in [0.25, 0.3) is 0 Å². The van der Waals surface area contributed by atoms with Crippen LogP contribution in [0.4, 0.5) is 28.0 Å². The van der Waals surface area contributed by atoms with Gasteiger partial charge in [-0.1, -0.05) is 31.2 Å². The first-order valence-electron chi connectivity index (χ1n) is 16.6. The average molecular weight is 737 g/mol. The molecule has 1 spiro atoms. The minimum Gasteiger partial charge on any atom is -0.491 e. The monoisotopic (exact) mass is 736 g/mol. The highest BCUT2D eigenvalue weighted by molar-refractivity contribution is 7.89. The summed E-state index contributed by atoms with van der Waals surface area (Å²) >= 11 is 0. The number of urea groups is 1. The van der Waals surface area contributed by atoms with E-state index in [1.165, 1.54) is 36.1 Å². The van der Waals surface area contributed by atoms with Crippen molar-refractivity contribution < 1.29 is 45.4 Å². The van der Waals surface area contributed by atoms with Gasteiger partial charge in [-0.3, -0.25) is 9.80 Å². The molecular formula is C36H44F4N4O6S. The standard InChI is InChI=1S/C34H43FN4O4S.C2HF3O2/c1-6-18-38-24-34(16-19-37(20-17-34)23-26-8-7-9-29(21-26)43-25(2)3)39(33(38)40)32-22-28(35)12-15-31(32)27-10-13-30(14-11-27)44(41,42)36(4)5;3-2(4,5)1(6)7/h7-15,21-22,25H,6,16-20,23-24H2,1-5H3;(H,6,7). The van der Waals surface area contributed by atoms with Gasteiger partial charge in [-0.15, -0.1) is 0 Å². The quantitative estimate of drug-likeness (QED) is 0.227. The molecule has 0 aliphatic carbocycles. The van der Waals surface area contributed by atoms with E-state index in [0.717, 1.165) is 50.2 Å². The number of hydrogen-bond donors (Lipinski definition) is 1. The summed E-state index contributed by atoms with van der Waals surface area (Å²) in [5.74, 6) is -2.32. The van der Waals surface area contributed by atoms with Crippen LogP contribution < -0.4 is 9.64 Å². The highest BCUT2D eigenvalue weighted by Crippen LogP contribution is 2.44. The van der Waals surface area contributed by atoms with E-state index in [2.05, 4.69) is 24.0 Å². The normalized spacial score (nSPS) is 16.5. The van der Waals surface area contributed by atoms with Gasteiger partial charge in [0.15, 0.2) is 0 Å². The topological polar surface area (TPSA) is 111 Å². The smallest absolute Gasteiger partial charge is 0.490 e. The van der Waals surface area contributed by atoms with Gasteiger partial charge < -0.3 is 14.7 Å². The maximum atomic E-state index is 14.9. The molecule has 0 radical (unpaired) electrons. The number of sulfonamides is 1. The number of piperidine rings is 1. The molecule has 2 fully saturated rings. The number of halogens is 4. The Bertz CT molecular complexity index is 1790. The largest absolute Gasteiger partial charge is 0.491 e. The summed E-state index contributed by atoms with van der Waals surface area (Å²) in [5.41, 5.74) is 2.62. The number of rotatable bonds is 10. The number of anilines is 1. The number of amides is 2. The van der Waals surface area contributed by atoms with Crippen LogP contribution in [0.15, 0.2) is 71.6 Å². The Labute approximate surface area is 296 Å². The van der Waals surface area contributed by atoms with E-state index in [1.54, 1.807) is 30.3 Å². The molecular weight excluding hydrogens is 692 g/mol. The van der Waals surface area contributed by atoms with Crippen LogP contribution in [0.2, 0.25) is 0 Å². The summed E-state index contributed by atoms with van der Waals surface area (Å²) < 4.78 is 79.0. The van der Waals surface area contributed by atoms with Crippen molar-refractivity contribution in [2.75, 3.05) is 45.2 Å². The fourth-order valence-corrected chi connectivity index (χ4v) is 7.25. The molecule has 0 bridgehead atoms. The predicted octanol–water partition coefficient (Wildman–Crippen LogP) is 6.85. The lowest BCUT2D eigenvalue weighted by atomic mass is 9.85. The molecule has 1 N–H and O–H groups in total. The van der Waals surface area contributed by atoms with E-state index < -0.39 is 33.5 Å². The van der Waals surface area contributed by atoms with Crippen LogP contribution in [0.3, 0.4) is 0 Å². The summed E-state index contributed by atoms with van der Waals surface area (Å²) in [6.45, 7) is 9.67. The van der Waals surface area contributed by atoms with Crippen molar-refractivity contribution in [1.82, 2.24) is 14.1 Å². The number of aliphatic carboxylic acids is 1. The van der Waals surface area contributed by atoms with Crippen molar-refractivity contribution in [2.24, 2.45) is 0 Å². The predicted molar refractivity (Wildman–Crippen MR) is 186 cm³/mol. The first-order valence-corrected chi connectivity index (χ1v) is 18.0. The third-order valence-electron chi connectivity index (χ3n) is 8.77. The molecule has 3 aromatic carbocycles. The van der Waals surface area contributed by atoms with Crippen molar-refractivity contribution >= 4 is 27.7 Å². The number of nitrogens with zero attached hydrogens (tertiary/aromatic N) is 4. The van der Waals surface area contributed by atoms with E-state index in [1.807, 2.05) is 35.8 Å². The summed E-state index contributed by atoms with van der Waals surface area (Å²) in [5, 5.41) is 7.12. The van der Waals surface area contributed by atoms with Crippen molar-refractivity contribution in [3.8, 4) is 16.9 Å². The lowest BCUT2D eigenvalue weighted by Crippen LogP contribution is -2.54. The molecule has 2 aliphatic heterocycles. The molecule has 2 aliphatic rings. The van der Waals surface area contributed by atoms with Crippen LogP contribution >= 0.6 is 0 Å². The lowest BCUT2D eigenvalue weighted by Gasteiger charge is -2.44. The van der Waals surface area contributed by atoms with Crippen LogP contribution in [0, 0.1) is 5.82 Å². The van der Waals surface area contributed by atoms with E-state index >= 15 is 0 Å². The fourth-order valence-electron chi connectivity index (χ4n) is 6.35. The number of likely N-dealkylation sites (tertiary alicyclic amines) is 1. The summed E-state index contributed by atoms with van der Waals surface area (Å²) in [6.07, 6.45) is -2.66. The SMILES string of the molecule is CCCN1CC2(CCN(Cc3cccc(OC(C)C)c3)CC2)N(c2cc(F)ccc2-c2ccc(S(=O)(=O)N(C)C)cc2)C1=O.O=C(O)C(F)(F)F. The number of carbonyl (C=O) groups excluding carboxylic acids is 1. The van der Waals surface area contributed by atoms with E-state index in [4.69, 9.17) is 14.6 Å². The van der Waals surface area contributed by atoms with Gasteiger partial charge in [-0.25, -0.2) is 26.7 Å². The van der Waals surface area contributed by atoms with E-state index in [0.29, 0.717) is 24.3 Å². The highest BCUT2D eigenvalue weighted by atomic mass is 32.2. The molecule has 51 heavy (non-hydrogen) atoms. The molecule has 5 rings (SSSR count). The maximum Gasteiger partial charge on any atom is 0.490 e. The second-order valence-corrected chi connectivity index (χ2v) is 15.3. The van der Waals surface area contributed by atoms with Gasteiger partial charge in [-0.05, 0) is 86.7 Å². The maximum absolute atomic E-state index is 14.9. The zero-order chi connectivity index (χ0) is 37.7. The minimum absolute atomic E-state index is 0.105. The van der Waals surface area contributed by atoms with Crippen molar-refractivity contribution in [2.45, 2.75) is 69.3 Å². The van der Waals surface area contributed by atoms with E-state index in [-0.39, 0.29) is 17.0 Å². The van der Waals surface area contributed by atoms with Gasteiger partial charge >= 0.3 is 18.2 Å². The Balaban J connectivity index is 0.000000755. The summed E-state index contributed by atoms with van der Waals surface area (Å²) in [7, 11) is -0.615. The first kappa shape index (κ1) is 39.6. The zero-order valence-electron chi connectivity index (χ0n) is 29.3. The third kappa shape index (κ3) is 9.37. The Morgan fingerprint density at radius 3 is 2.20 bits per heavy atom. The summed E-state index contributed by atoms with van der Waals surface area (Å²) in [4.78, 5) is 29.2. The molecule has 10 nitrogen and oxygen atoms in total. The number of hydrogen-bond acceptors (Lipinski definition) is 6. The van der Waals surface area contributed by atoms with Crippen LogP contribution in [0.25, 0.3) is 11.1 Å². The number of ether oxygens (including phenoxy) is 1. The molecule has 0 aromatic heterocycles. The molecule has 0 unspecified atom stereocenters. The molecule has 0 saturated carbocycles. The minimum atomic E-state index is -5.08.